The van der Waals surface area contributed by atoms with Crippen LogP contribution < -0.4 is 0 Å². The van der Waals surface area contributed by atoms with Crippen LogP contribution in [0.2, 0.25) is 0 Å². The molecule has 0 amide bonds. The summed E-state index contributed by atoms with van der Waals surface area (Å²) in [6, 6.07) is 0. The van der Waals surface area contributed by atoms with Crippen LogP contribution >= 0.6 is 0 Å². The third kappa shape index (κ3) is 1.84. The van der Waals surface area contributed by atoms with Crippen LogP contribution in [-0.4, -0.2) is 19.6 Å². The summed E-state index contributed by atoms with van der Waals surface area (Å²) in [7, 11) is 0. The van der Waals surface area contributed by atoms with Crippen molar-refractivity contribution in [2.24, 2.45) is 0 Å². The van der Waals surface area contributed by atoms with Crippen molar-refractivity contribution >= 4 is 5.78 Å². The van der Waals surface area contributed by atoms with E-state index in [-0.39, 0.29) is 0 Å². The maximum Gasteiger partial charge on any atom is 0.250 e. The first-order valence-electron chi connectivity index (χ1n) is 5.30. The van der Waals surface area contributed by atoms with E-state index in [0.29, 0.717) is 17.6 Å². The molecule has 0 N–H and O–H groups in total. The third-order valence-electron chi connectivity index (χ3n) is 2.41. The third-order valence-corrected chi connectivity index (χ3v) is 2.41. The molecule has 0 aliphatic rings. The van der Waals surface area contributed by atoms with Crippen LogP contribution in [0.15, 0.2) is 12.4 Å². The normalized spacial score (nSPS) is 11.9. The lowest BCUT2D eigenvalue weighted by Crippen LogP contribution is -2.00. The fraction of sp³-hybridized carbons (Fsp3) is 0.545. The molecular weight excluding hydrogens is 188 g/mol. The van der Waals surface area contributed by atoms with Gasteiger partial charge in [-0.15, -0.1) is 0 Å². The quantitative estimate of drug-likeness (QED) is 0.754. The zero-order chi connectivity index (χ0) is 11.0. The molecular formula is C11H16N4. The zero-order valence-electron chi connectivity index (χ0n) is 9.60. The van der Waals surface area contributed by atoms with E-state index in [9.17, 15) is 0 Å². The van der Waals surface area contributed by atoms with Crippen LogP contribution in [0, 0.1) is 0 Å². The van der Waals surface area contributed by atoms with E-state index in [1.54, 1.807) is 10.7 Å². The molecule has 2 aromatic heterocycles. The second kappa shape index (κ2) is 3.61. The van der Waals surface area contributed by atoms with Gasteiger partial charge in [-0.05, 0) is 11.8 Å². The molecule has 0 radical (unpaired) electrons. The Morgan fingerprint density at radius 1 is 1.07 bits per heavy atom. The van der Waals surface area contributed by atoms with Gasteiger partial charge in [0.2, 0.25) is 0 Å². The molecule has 0 atom stereocenters. The summed E-state index contributed by atoms with van der Waals surface area (Å²) in [4.78, 5) is 8.70. The largest absolute Gasteiger partial charge is 0.250 e. The van der Waals surface area contributed by atoms with Crippen molar-refractivity contribution in [3.8, 4) is 0 Å². The van der Waals surface area contributed by atoms with Gasteiger partial charge >= 0.3 is 0 Å². The highest BCUT2D eigenvalue weighted by Crippen LogP contribution is 2.14. The number of fused-ring (bicyclic) bond motifs is 1. The Bertz CT molecular complexity index is 464. The van der Waals surface area contributed by atoms with Gasteiger partial charge in [-0.1, -0.05) is 27.7 Å². The highest BCUT2D eigenvalue weighted by Gasteiger charge is 2.08. The number of nitrogens with zero attached hydrogens (tertiary/aromatic N) is 4. The Morgan fingerprint density at radius 3 is 2.33 bits per heavy atom. The molecule has 0 saturated heterocycles. The fourth-order valence-corrected chi connectivity index (χ4v) is 1.36. The Hall–Kier alpha value is -1.45. The van der Waals surface area contributed by atoms with Crippen LogP contribution in [0.1, 0.15) is 50.9 Å². The van der Waals surface area contributed by atoms with Gasteiger partial charge in [-0.2, -0.15) is 5.10 Å². The van der Waals surface area contributed by atoms with E-state index in [0.717, 1.165) is 11.4 Å². The van der Waals surface area contributed by atoms with Crippen molar-refractivity contribution in [3.05, 3.63) is 23.8 Å². The summed E-state index contributed by atoms with van der Waals surface area (Å²) < 4.78 is 1.77. The molecule has 2 rings (SSSR count). The molecule has 4 nitrogen and oxygen atoms in total. The fourth-order valence-electron chi connectivity index (χ4n) is 1.36. The number of hydrogen-bond acceptors (Lipinski definition) is 3. The van der Waals surface area contributed by atoms with Gasteiger partial charge in [0.05, 0.1) is 23.8 Å². The standard InChI is InChI=1S/C11H16N4/c1-7(2)9-5-12-11-13-10(8(3)4)6-15(11)14-9/h5-8H,1-4H3. The van der Waals surface area contributed by atoms with Crippen molar-refractivity contribution < 1.29 is 0 Å². The SMILES string of the molecule is CC(C)c1cn2nc(C(C)C)cnc2n1. The van der Waals surface area contributed by atoms with Crippen molar-refractivity contribution in [1.82, 2.24) is 19.6 Å². The average Bonchev–Trinajstić information content (AvgIpc) is 2.59. The maximum atomic E-state index is 4.47. The monoisotopic (exact) mass is 204 g/mol. The predicted molar refractivity (Wildman–Crippen MR) is 59.0 cm³/mol. The van der Waals surface area contributed by atoms with E-state index in [1.165, 1.54) is 0 Å². The highest BCUT2D eigenvalue weighted by atomic mass is 15.3. The van der Waals surface area contributed by atoms with Crippen molar-refractivity contribution in [2.75, 3.05) is 0 Å². The minimum atomic E-state index is 0.395. The molecule has 4 heteroatoms. The predicted octanol–water partition coefficient (Wildman–Crippen LogP) is 2.37. The van der Waals surface area contributed by atoms with Gasteiger partial charge in [0, 0.05) is 0 Å². The molecule has 0 spiro atoms. The lowest BCUT2D eigenvalue weighted by Gasteiger charge is -2.02. The second-order valence-electron chi connectivity index (χ2n) is 4.40. The molecule has 2 heterocycles. The molecule has 0 fully saturated rings. The van der Waals surface area contributed by atoms with Crippen LogP contribution in [-0.2, 0) is 0 Å². The first-order valence-corrected chi connectivity index (χ1v) is 5.30. The molecule has 80 valence electrons. The van der Waals surface area contributed by atoms with Gasteiger partial charge in [0.25, 0.3) is 5.78 Å². The van der Waals surface area contributed by atoms with Crippen LogP contribution in [0.5, 0.6) is 0 Å². The Labute approximate surface area is 89.4 Å². The van der Waals surface area contributed by atoms with Gasteiger partial charge in [-0.3, -0.25) is 0 Å². The number of rotatable bonds is 2. The van der Waals surface area contributed by atoms with Gasteiger partial charge < -0.3 is 0 Å². The molecule has 0 unspecified atom stereocenters. The van der Waals surface area contributed by atoms with Gasteiger partial charge in [0.15, 0.2) is 0 Å². The van der Waals surface area contributed by atoms with E-state index in [1.807, 2.05) is 6.20 Å². The lowest BCUT2D eigenvalue weighted by atomic mass is 10.1. The maximum absolute atomic E-state index is 4.47. The number of hydrogen-bond donors (Lipinski definition) is 0. The van der Waals surface area contributed by atoms with Crippen LogP contribution in [0.3, 0.4) is 0 Å². The molecule has 0 aromatic carbocycles. The summed E-state index contributed by atoms with van der Waals surface area (Å²) in [5.74, 6) is 1.49. The highest BCUT2D eigenvalue weighted by molar-refractivity contribution is 5.29. The molecule has 15 heavy (non-hydrogen) atoms. The summed E-state index contributed by atoms with van der Waals surface area (Å²) in [6.45, 7) is 8.45. The smallest absolute Gasteiger partial charge is 0.218 e. The summed E-state index contributed by atoms with van der Waals surface area (Å²) in [5.41, 5.74) is 2.03. The molecule has 0 aliphatic heterocycles. The summed E-state index contributed by atoms with van der Waals surface area (Å²) in [6.07, 6.45) is 3.76. The van der Waals surface area contributed by atoms with E-state index < -0.39 is 0 Å². The van der Waals surface area contributed by atoms with Crippen LogP contribution in [0.25, 0.3) is 5.78 Å². The number of imidazole rings is 1. The van der Waals surface area contributed by atoms with Crippen molar-refractivity contribution in [2.45, 2.75) is 39.5 Å². The molecule has 0 saturated carbocycles. The Balaban J connectivity index is 2.52. The minimum absolute atomic E-state index is 0.395. The first-order chi connectivity index (χ1) is 7.08. The lowest BCUT2D eigenvalue weighted by molar-refractivity contribution is 0.746. The average molecular weight is 204 g/mol. The summed E-state index contributed by atoms with van der Waals surface area (Å²) in [5, 5.41) is 4.47. The molecule has 2 aromatic rings. The topological polar surface area (TPSA) is 43.1 Å². The zero-order valence-corrected chi connectivity index (χ0v) is 9.60. The Morgan fingerprint density at radius 2 is 1.73 bits per heavy atom. The minimum Gasteiger partial charge on any atom is -0.218 e. The number of aromatic nitrogens is 4. The molecule has 0 aliphatic carbocycles. The second-order valence-corrected chi connectivity index (χ2v) is 4.40. The Kier molecular flexibility index (Phi) is 2.42. The first kappa shape index (κ1) is 10.1. The molecule has 0 bridgehead atoms. The van der Waals surface area contributed by atoms with E-state index >= 15 is 0 Å². The summed E-state index contributed by atoms with van der Waals surface area (Å²) >= 11 is 0. The van der Waals surface area contributed by atoms with Crippen molar-refractivity contribution in [3.63, 3.8) is 0 Å². The van der Waals surface area contributed by atoms with E-state index in [2.05, 4.69) is 42.8 Å². The van der Waals surface area contributed by atoms with Crippen molar-refractivity contribution in [1.29, 1.82) is 0 Å². The van der Waals surface area contributed by atoms with Gasteiger partial charge in [-0.25, -0.2) is 14.5 Å². The van der Waals surface area contributed by atoms with E-state index in [4.69, 9.17) is 0 Å². The van der Waals surface area contributed by atoms with Gasteiger partial charge in [0.1, 0.15) is 0 Å². The van der Waals surface area contributed by atoms with Crippen LogP contribution in [0.4, 0.5) is 0 Å².